The molecule has 0 fully saturated rings. The molecule has 0 saturated carbocycles. The summed E-state index contributed by atoms with van der Waals surface area (Å²) < 4.78 is 84.9. The van der Waals surface area contributed by atoms with Crippen LogP contribution in [0.5, 0.6) is 0 Å². The van der Waals surface area contributed by atoms with Gasteiger partial charge in [0.2, 0.25) is 0 Å². The smallest absolute Gasteiger partial charge is 0.395 e. The minimum Gasteiger partial charge on any atom is -0.395 e. The molecule has 0 aliphatic rings. The normalized spacial score (nSPS) is 15.9. The Labute approximate surface area is 335 Å². The standard InChI is InChI=1S/C27H81O12PSi12/c1-41(2,3)31-50(32-42(4,5)6,33-43(7,8)9)28-40(29-51(34-44(10,11)12,35-45(13,14)15)36-46(16,17)18)30-52(37-47(19,20)21,38-48(22,23)24)39-49(25,26)27/h1-27H3. The summed E-state index contributed by atoms with van der Waals surface area (Å²) in [5, 5.41) is 0. The molecule has 0 aromatic carbocycles. The van der Waals surface area contributed by atoms with Crippen molar-refractivity contribution in [3.8, 4) is 0 Å². The lowest BCUT2D eigenvalue weighted by atomic mass is 11.8. The summed E-state index contributed by atoms with van der Waals surface area (Å²) >= 11 is 0. The predicted molar refractivity (Wildman–Crippen MR) is 247 cm³/mol. The third kappa shape index (κ3) is 27.3. The van der Waals surface area contributed by atoms with E-state index >= 15 is 0 Å². The van der Waals surface area contributed by atoms with E-state index < -0.39 is 111 Å². The summed E-state index contributed by atoms with van der Waals surface area (Å²) in [6.07, 6.45) is 0. The molecule has 0 atom stereocenters. The molecular weight excluding hydrogens is 884 g/mol. The topological polar surface area (TPSA) is 111 Å². The molecule has 0 heterocycles. The van der Waals surface area contributed by atoms with Gasteiger partial charge in [0.25, 0.3) is 0 Å². The van der Waals surface area contributed by atoms with E-state index in [9.17, 15) is 0 Å². The summed E-state index contributed by atoms with van der Waals surface area (Å²) in [6.45, 7) is 56.9. The van der Waals surface area contributed by atoms with Crippen molar-refractivity contribution in [2.45, 2.75) is 177 Å². The quantitative estimate of drug-likeness (QED) is 0.0678. The molecule has 0 rings (SSSR count). The van der Waals surface area contributed by atoms with Crippen LogP contribution in [0, 0.1) is 0 Å². The van der Waals surface area contributed by atoms with Crippen LogP contribution >= 0.6 is 8.60 Å². The average Bonchev–Trinajstić information content (AvgIpc) is 2.59. The molecular formula is C27H81O12PSi12. The number of rotatable bonds is 24. The lowest BCUT2D eigenvalue weighted by Crippen LogP contribution is -2.65. The van der Waals surface area contributed by atoms with E-state index in [0.717, 1.165) is 0 Å². The van der Waals surface area contributed by atoms with E-state index in [2.05, 4.69) is 177 Å². The van der Waals surface area contributed by atoms with Gasteiger partial charge in [0.1, 0.15) is 0 Å². The fourth-order valence-corrected chi connectivity index (χ4v) is 43.9. The van der Waals surface area contributed by atoms with Crippen LogP contribution in [0.1, 0.15) is 0 Å². The van der Waals surface area contributed by atoms with Gasteiger partial charge in [-0.05, 0) is 177 Å². The Kier molecular flexibility index (Phi) is 19.3. The molecule has 0 aliphatic carbocycles. The first kappa shape index (κ1) is 54.6. The Morgan fingerprint density at radius 2 is 0.288 bits per heavy atom. The minimum absolute atomic E-state index is 2.11. The van der Waals surface area contributed by atoms with E-state index in [1.807, 2.05) is 0 Å². The molecule has 0 saturated heterocycles. The average molecular weight is 966 g/mol. The second kappa shape index (κ2) is 18.4. The van der Waals surface area contributed by atoms with Gasteiger partial charge in [-0.15, -0.1) is 0 Å². The molecule has 0 spiro atoms. The van der Waals surface area contributed by atoms with Gasteiger partial charge >= 0.3 is 35.7 Å². The molecule has 0 radical (unpaired) electrons. The van der Waals surface area contributed by atoms with Crippen LogP contribution in [0.15, 0.2) is 0 Å². The Hall–Kier alpha value is 2.55. The summed E-state index contributed by atoms with van der Waals surface area (Å²) in [5.74, 6) is 0. The minimum atomic E-state index is -4.07. The van der Waals surface area contributed by atoms with Crippen LogP contribution < -0.4 is 0 Å². The highest BCUT2D eigenvalue weighted by atomic mass is 31.2. The maximum Gasteiger partial charge on any atom is 0.654 e. The fraction of sp³-hybridized carbons (Fsp3) is 1.00. The summed E-state index contributed by atoms with van der Waals surface area (Å²) in [7, 11) is -36.3. The van der Waals surface area contributed by atoms with E-state index in [4.69, 9.17) is 49.7 Å². The van der Waals surface area contributed by atoms with Gasteiger partial charge < -0.3 is 37.0 Å². The van der Waals surface area contributed by atoms with Gasteiger partial charge in [-0.25, -0.2) is 0 Å². The Balaban J connectivity index is 8.46. The molecule has 0 aromatic rings. The van der Waals surface area contributed by atoms with Gasteiger partial charge in [0, 0.05) is 0 Å². The van der Waals surface area contributed by atoms with Crippen LogP contribution in [-0.2, 0) is 49.7 Å². The van der Waals surface area contributed by atoms with Crippen molar-refractivity contribution in [2.24, 2.45) is 0 Å². The fourth-order valence-electron chi connectivity index (χ4n) is 4.06. The van der Waals surface area contributed by atoms with Crippen LogP contribution in [0.3, 0.4) is 0 Å². The first-order chi connectivity index (χ1) is 22.1. The van der Waals surface area contributed by atoms with E-state index in [0.29, 0.717) is 0 Å². The SMILES string of the molecule is C[Si](C)(C)O[Si](OP(O[Si](O[Si](C)(C)C)(O[Si](C)(C)C)O[Si](C)(C)C)O[Si](O[Si](C)(C)C)(O[Si](C)(C)C)O[Si](C)(C)C)(O[Si](C)(C)C)O[Si](C)(C)C. The zero-order valence-corrected chi connectivity index (χ0v) is 51.2. The molecule has 0 aromatic heterocycles. The molecule has 0 amide bonds. The van der Waals surface area contributed by atoms with Gasteiger partial charge in [0.15, 0.2) is 74.9 Å². The van der Waals surface area contributed by atoms with Gasteiger partial charge in [0.05, 0.1) is 0 Å². The maximum atomic E-state index is 7.24. The molecule has 25 heteroatoms. The second-order valence-corrected chi connectivity index (χ2v) is 72.9. The largest absolute Gasteiger partial charge is 0.654 e. The van der Waals surface area contributed by atoms with Crippen molar-refractivity contribution < 1.29 is 49.7 Å². The number of hydrogen-bond acceptors (Lipinski definition) is 12. The van der Waals surface area contributed by atoms with Crippen molar-refractivity contribution >= 4 is 111 Å². The van der Waals surface area contributed by atoms with Crippen LogP contribution in [0.25, 0.3) is 0 Å². The highest BCUT2D eigenvalue weighted by Gasteiger charge is 2.65. The molecule has 0 N–H and O–H groups in total. The van der Waals surface area contributed by atoms with Gasteiger partial charge in [-0.1, -0.05) is 0 Å². The summed E-state index contributed by atoms with van der Waals surface area (Å²) in [6, 6.07) is 0. The van der Waals surface area contributed by atoms with E-state index in [1.54, 1.807) is 0 Å². The molecule has 314 valence electrons. The first-order valence-electron chi connectivity index (χ1n) is 18.3. The van der Waals surface area contributed by atoms with Gasteiger partial charge in [-0.2, -0.15) is 0 Å². The maximum absolute atomic E-state index is 7.24. The van der Waals surface area contributed by atoms with Crippen molar-refractivity contribution in [3.63, 3.8) is 0 Å². The Morgan fingerprint density at radius 1 is 0.192 bits per heavy atom. The lowest BCUT2D eigenvalue weighted by molar-refractivity contribution is 0.0955. The zero-order valence-electron chi connectivity index (χ0n) is 38.3. The molecule has 52 heavy (non-hydrogen) atoms. The van der Waals surface area contributed by atoms with Crippen LogP contribution in [0.4, 0.5) is 0 Å². The monoisotopic (exact) mass is 964 g/mol. The third-order valence-electron chi connectivity index (χ3n) is 4.44. The first-order valence-corrected chi connectivity index (χ1v) is 55.0. The van der Waals surface area contributed by atoms with Crippen molar-refractivity contribution in [3.05, 3.63) is 0 Å². The zero-order chi connectivity index (χ0) is 42.1. The molecule has 12 nitrogen and oxygen atoms in total. The predicted octanol–water partition coefficient (Wildman–Crippen LogP) is 11.2. The number of hydrogen-bond donors (Lipinski definition) is 0. The van der Waals surface area contributed by atoms with E-state index in [1.165, 1.54) is 0 Å². The molecule has 0 unspecified atom stereocenters. The molecule has 0 aliphatic heterocycles. The molecule has 0 bridgehead atoms. The van der Waals surface area contributed by atoms with Gasteiger partial charge in [-0.3, -0.25) is 12.6 Å². The third-order valence-corrected chi connectivity index (χ3v) is 40.0. The van der Waals surface area contributed by atoms with Crippen molar-refractivity contribution in [1.29, 1.82) is 0 Å². The highest BCUT2D eigenvalue weighted by Crippen LogP contribution is 2.53. The van der Waals surface area contributed by atoms with Crippen LogP contribution in [-0.4, -0.2) is 102 Å². The highest BCUT2D eigenvalue weighted by molar-refractivity contribution is 7.47. The second-order valence-electron chi connectivity index (χ2n) is 21.9. The summed E-state index contributed by atoms with van der Waals surface area (Å²) in [4.78, 5) is 0. The van der Waals surface area contributed by atoms with E-state index in [-0.39, 0.29) is 0 Å². The van der Waals surface area contributed by atoms with Crippen molar-refractivity contribution in [2.75, 3.05) is 0 Å². The van der Waals surface area contributed by atoms with Crippen molar-refractivity contribution in [1.82, 2.24) is 0 Å². The van der Waals surface area contributed by atoms with Crippen LogP contribution in [0.2, 0.25) is 177 Å². The summed E-state index contributed by atoms with van der Waals surface area (Å²) in [5.41, 5.74) is 0. The Morgan fingerprint density at radius 3 is 0.365 bits per heavy atom. The Bertz CT molecular complexity index is 851. The lowest BCUT2D eigenvalue weighted by Gasteiger charge is -2.46.